The van der Waals surface area contributed by atoms with Gasteiger partial charge < -0.3 is 0 Å². The van der Waals surface area contributed by atoms with E-state index in [0.717, 1.165) is 0 Å². The lowest BCUT2D eigenvalue weighted by atomic mass is 9.75. The van der Waals surface area contributed by atoms with Crippen LogP contribution in [0.2, 0.25) is 39.3 Å². The van der Waals surface area contributed by atoms with Gasteiger partial charge in [-0.05, 0) is 67.9 Å². The van der Waals surface area contributed by atoms with Gasteiger partial charge in [0.15, 0.2) is 0 Å². The van der Waals surface area contributed by atoms with Gasteiger partial charge in [0.25, 0.3) is 0 Å². The standard InChI is InChI=1S/C32H47PSi2/c1-30(2,3)26-24-27(31(4,5)6)29(28(25-26)32(7,8)9)33(20-16-18-22-34(10,11)12)21-17-19-23-35(13,14)15/h24-25H,1-15H3. The second-order valence-corrected chi connectivity index (χ2v) is 25.5. The zero-order valence-electron chi connectivity index (χ0n) is 25.1. The minimum Gasteiger partial charge on any atom is -0.118 e. The van der Waals surface area contributed by atoms with Gasteiger partial charge in [0, 0.05) is 5.30 Å². The number of hydrogen-bond acceptors (Lipinski definition) is 0. The van der Waals surface area contributed by atoms with Gasteiger partial charge in [-0.15, -0.1) is 11.1 Å². The Morgan fingerprint density at radius 3 is 1.14 bits per heavy atom. The first kappa shape index (κ1) is 31.4. The van der Waals surface area contributed by atoms with E-state index in [1.165, 1.54) is 22.0 Å². The molecule has 1 rings (SSSR count). The summed E-state index contributed by atoms with van der Waals surface area (Å²) in [5.41, 5.74) is 17.9. The fourth-order valence-corrected chi connectivity index (χ4v) is 5.97. The van der Waals surface area contributed by atoms with Crippen LogP contribution in [0.25, 0.3) is 0 Å². The van der Waals surface area contributed by atoms with E-state index in [9.17, 15) is 0 Å². The largest absolute Gasteiger partial charge is 0.130 e. The van der Waals surface area contributed by atoms with Gasteiger partial charge in [0.1, 0.15) is 16.1 Å². The van der Waals surface area contributed by atoms with Crippen molar-refractivity contribution in [1.29, 1.82) is 0 Å². The van der Waals surface area contributed by atoms with Crippen molar-refractivity contribution < 1.29 is 0 Å². The van der Waals surface area contributed by atoms with Gasteiger partial charge in [0.05, 0.1) is 7.92 Å². The van der Waals surface area contributed by atoms with Crippen molar-refractivity contribution in [1.82, 2.24) is 0 Å². The zero-order chi connectivity index (χ0) is 27.5. The first-order valence-corrected chi connectivity index (χ1v) is 20.9. The lowest BCUT2D eigenvalue weighted by Gasteiger charge is -2.34. The number of benzene rings is 1. The predicted molar refractivity (Wildman–Crippen MR) is 167 cm³/mol. The molecule has 0 nitrogen and oxygen atoms in total. The summed E-state index contributed by atoms with van der Waals surface area (Å²) in [6.07, 6.45) is 0. The second-order valence-electron chi connectivity index (χ2n) is 14.5. The van der Waals surface area contributed by atoms with E-state index in [0.29, 0.717) is 0 Å². The van der Waals surface area contributed by atoms with Gasteiger partial charge in [-0.25, -0.2) is 0 Å². The molecule has 0 unspecified atom stereocenters. The van der Waals surface area contributed by atoms with Gasteiger partial charge in [0.2, 0.25) is 0 Å². The molecular weight excluding hydrogens is 471 g/mol. The Labute approximate surface area is 221 Å². The van der Waals surface area contributed by atoms with Gasteiger partial charge in [-0.1, -0.05) is 114 Å². The molecule has 0 aliphatic carbocycles. The third kappa shape index (κ3) is 10.9. The van der Waals surface area contributed by atoms with E-state index in [1.807, 2.05) is 0 Å². The molecule has 0 aromatic heterocycles. The van der Waals surface area contributed by atoms with Crippen molar-refractivity contribution in [3.63, 3.8) is 0 Å². The monoisotopic (exact) mass is 518 g/mol. The zero-order valence-corrected chi connectivity index (χ0v) is 28.0. The molecule has 188 valence electrons. The molecular formula is C32H47PSi2. The lowest BCUT2D eigenvalue weighted by Crippen LogP contribution is -2.31. The number of hydrogen-bond donors (Lipinski definition) is 0. The molecule has 0 bridgehead atoms. The van der Waals surface area contributed by atoms with Crippen molar-refractivity contribution in [3.05, 3.63) is 28.8 Å². The summed E-state index contributed by atoms with van der Waals surface area (Å²) >= 11 is 0. The van der Waals surface area contributed by atoms with Crippen LogP contribution in [0.1, 0.15) is 79.0 Å². The van der Waals surface area contributed by atoms with Crippen molar-refractivity contribution in [2.75, 3.05) is 0 Å². The first-order valence-electron chi connectivity index (χ1n) is 12.6. The first-order chi connectivity index (χ1) is 15.5. The summed E-state index contributed by atoms with van der Waals surface area (Å²) in [4.78, 5) is 0. The summed E-state index contributed by atoms with van der Waals surface area (Å²) in [7, 11) is -4.03. The smallest absolute Gasteiger partial charge is 0.118 e. The third-order valence-electron chi connectivity index (χ3n) is 5.15. The van der Waals surface area contributed by atoms with E-state index in [4.69, 9.17) is 0 Å². The summed E-state index contributed by atoms with van der Waals surface area (Å²) in [6.45, 7) is 34.2. The Kier molecular flexibility index (Phi) is 9.99. The van der Waals surface area contributed by atoms with Gasteiger partial charge in [-0.2, -0.15) is 0 Å². The maximum atomic E-state index is 3.52. The molecule has 35 heavy (non-hydrogen) atoms. The molecule has 0 spiro atoms. The summed E-state index contributed by atoms with van der Waals surface area (Å²) < 4.78 is 0. The molecule has 0 heterocycles. The molecule has 0 aliphatic heterocycles. The summed E-state index contributed by atoms with van der Waals surface area (Å²) in [6, 6.07) is 4.81. The molecule has 3 heteroatoms. The lowest BCUT2D eigenvalue weighted by molar-refractivity contribution is 0.553. The third-order valence-corrected chi connectivity index (χ3v) is 8.50. The van der Waals surface area contributed by atoms with Crippen molar-refractivity contribution >= 4 is 29.4 Å². The van der Waals surface area contributed by atoms with Crippen LogP contribution < -0.4 is 5.30 Å². The Bertz CT molecular complexity index is 1080. The fourth-order valence-electron chi connectivity index (χ4n) is 3.20. The number of rotatable bonds is 1. The Morgan fingerprint density at radius 1 is 0.543 bits per heavy atom. The summed E-state index contributed by atoms with van der Waals surface area (Å²) in [5, 5.41) is 1.30. The highest BCUT2D eigenvalue weighted by Gasteiger charge is 2.31. The SMILES string of the molecule is CC(C)(C)c1cc(C(C)(C)C)c(P(C#CC#C[Si](C)(C)C)C#CC#C[Si](C)(C)C)c(C(C)(C)C)c1. The maximum absolute atomic E-state index is 3.52. The quantitative estimate of drug-likeness (QED) is 0.199. The molecule has 0 saturated heterocycles. The van der Waals surface area contributed by atoms with Crippen LogP contribution in [0.3, 0.4) is 0 Å². The average Bonchev–Trinajstić information content (AvgIpc) is 2.62. The van der Waals surface area contributed by atoms with Crippen LogP contribution in [0.5, 0.6) is 0 Å². The van der Waals surface area contributed by atoms with E-state index in [1.54, 1.807) is 0 Å². The average molecular weight is 519 g/mol. The van der Waals surface area contributed by atoms with E-state index >= 15 is 0 Å². The van der Waals surface area contributed by atoms with Crippen molar-refractivity contribution in [3.8, 4) is 46.1 Å². The van der Waals surface area contributed by atoms with E-state index in [-0.39, 0.29) is 16.2 Å². The predicted octanol–water partition coefficient (Wildman–Crippen LogP) is 8.37. The van der Waals surface area contributed by atoms with Crippen LogP contribution in [0, 0.1) is 46.1 Å². The van der Waals surface area contributed by atoms with E-state index in [2.05, 4.69) is 160 Å². The van der Waals surface area contributed by atoms with Crippen LogP contribution >= 0.6 is 7.92 Å². The Morgan fingerprint density at radius 2 is 0.886 bits per heavy atom. The molecule has 0 radical (unpaired) electrons. The minimum atomic E-state index is -1.48. The topological polar surface area (TPSA) is 0 Å². The minimum absolute atomic E-state index is 0.0332. The Hall–Kier alpha value is -1.68. The molecule has 1 aromatic rings. The Balaban J connectivity index is 4.08. The van der Waals surface area contributed by atoms with Crippen molar-refractivity contribution in [2.24, 2.45) is 0 Å². The highest BCUT2D eigenvalue weighted by molar-refractivity contribution is 7.75. The van der Waals surface area contributed by atoms with Gasteiger partial charge >= 0.3 is 0 Å². The molecule has 1 aromatic carbocycles. The van der Waals surface area contributed by atoms with Crippen LogP contribution in [0.4, 0.5) is 0 Å². The van der Waals surface area contributed by atoms with Crippen LogP contribution in [-0.2, 0) is 16.2 Å². The van der Waals surface area contributed by atoms with E-state index < -0.39 is 24.1 Å². The highest BCUT2D eigenvalue weighted by Crippen LogP contribution is 2.43. The van der Waals surface area contributed by atoms with Crippen molar-refractivity contribution in [2.45, 2.75) is 118 Å². The molecule has 0 saturated carbocycles. The molecule has 0 fully saturated rings. The highest BCUT2D eigenvalue weighted by atomic mass is 31.1. The van der Waals surface area contributed by atoms with Gasteiger partial charge in [-0.3, -0.25) is 0 Å². The molecule has 0 amide bonds. The molecule has 0 aliphatic rings. The second kappa shape index (κ2) is 11.2. The fraction of sp³-hybridized carbons (Fsp3) is 0.562. The molecule has 0 atom stereocenters. The maximum Gasteiger partial charge on any atom is 0.130 e. The van der Waals surface area contributed by atoms with Crippen LogP contribution in [0.15, 0.2) is 12.1 Å². The summed E-state index contributed by atoms with van der Waals surface area (Å²) in [5.74, 6) is 12.7. The van der Waals surface area contributed by atoms with Crippen LogP contribution in [-0.4, -0.2) is 16.1 Å². The normalized spacial score (nSPS) is 12.3. The molecule has 0 N–H and O–H groups in total.